The van der Waals surface area contributed by atoms with Crippen LogP contribution in [-0.2, 0) is 66.5 Å². The number of aliphatic hydroxyl groups is 2. The molecule has 25 atom stereocenters. The second kappa shape index (κ2) is 19.9. The molecule has 0 bridgehead atoms. The van der Waals surface area contributed by atoms with Crippen LogP contribution in [-0.4, -0.2) is 164 Å². The van der Waals surface area contributed by atoms with Crippen molar-refractivity contribution in [2.45, 2.75) is 235 Å². The van der Waals surface area contributed by atoms with E-state index in [0.29, 0.717) is 25.7 Å². The minimum Gasteiger partial charge on any atom is -0.392 e. The van der Waals surface area contributed by atoms with Crippen molar-refractivity contribution >= 4 is 5.97 Å². The Labute approximate surface area is 386 Å². The topological polar surface area (TPSA) is 198 Å². The molecule has 7 saturated heterocycles. The average Bonchev–Trinajstić information content (AvgIpc) is 4.02. The number of hydrogen-bond donors (Lipinski definition) is 3. The Morgan fingerprint density at radius 2 is 1.37 bits per heavy atom. The fourth-order valence-electron chi connectivity index (χ4n) is 13.4. The molecule has 17 nitrogen and oxygen atoms in total. The summed E-state index contributed by atoms with van der Waals surface area (Å²) in [5.41, 5.74) is -2.01. The third-order valence-corrected chi connectivity index (χ3v) is 17.4. The average molecular weight is 931 g/mol. The second-order valence-electron chi connectivity index (χ2n) is 21.3. The molecule has 3 N–H and O–H groups in total. The molecule has 7 fully saturated rings. The van der Waals surface area contributed by atoms with Gasteiger partial charge in [0.1, 0.15) is 11.2 Å². The highest BCUT2D eigenvalue weighted by Gasteiger charge is 2.69. The van der Waals surface area contributed by atoms with Crippen molar-refractivity contribution < 1.29 is 82.0 Å². The Morgan fingerprint density at radius 3 is 2.00 bits per heavy atom. The molecular weight excluding hydrogens is 849 g/mol. The van der Waals surface area contributed by atoms with Crippen molar-refractivity contribution in [1.82, 2.24) is 0 Å². The highest BCUT2D eigenvalue weighted by Crippen LogP contribution is 2.57. The molecule has 7 rings (SSSR count). The van der Waals surface area contributed by atoms with E-state index in [1.807, 2.05) is 27.7 Å². The lowest BCUT2D eigenvalue weighted by Gasteiger charge is -2.55. The summed E-state index contributed by atoms with van der Waals surface area (Å²) in [5.74, 6) is -5.74. The van der Waals surface area contributed by atoms with E-state index < -0.39 is 89.6 Å². The fourth-order valence-corrected chi connectivity index (χ4v) is 13.4. The van der Waals surface area contributed by atoms with Gasteiger partial charge in [-0.25, -0.2) is 4.79 Å². The number of methoxy groups -OCH3 is 4. The van der Waals surface area contributed by atoms with E-state index in [2.05, 4.69) is 25.7 Å². The van der Waals surface area contributed by atoms with Gasteiger partial charge in [-0.1, -0.05) is 34.6 Å². The molecule has 0 saturated carbocycles. The van der Waals surface area contributed by atoms with Crippen LogP contribution in [0.25, 0.3) is 0 Å². The minimum absolute atomic E-state index is 0.0588. The number of rotatable bonds is 13. The van der Waals surface area contributed by atoms with Gasteiger partial charge in [0, 0.05) is 77.3 Å². The molecule has 0 radical (unpaired) electrons. The van der Waals surface area contributed by atoms with Crippen molar-refractivity contribution in [2.75, 3.05) is 28.4 Å². The zero-order valence-corrected chi connectivity index (χ0v) is 41.3. The summed E-state index contributed by atoms with van der Waals surface area (Å²) >= 11 is 0. The van der Waals surface area contributed by atoms with Gasteiger partial charge in [0.15, 0.2) is 17.9 Å². The van der Waals surface area contributed by atoms with Crippen molar-refractivity contribution in [3.8, 4) is 0 Å². The summed E-state index contributed by atoms with van der Waals surface area (Å²) in [6.45, 7) is 19.2. The molecule has 7 aliphatic heterocycles. The molecule has 376 valence electrons. The van der Waals surface area contributed by atoms with Gasteiger partial charge in [0.2, 0.25) is 0 Å². The second-order valence-corrected chi connectivity index (χ2v) is 21.3. The van der Waals surface area contributed by atoms with E-state index in [1.165, 1.54) is 0 Å². The molecule has 0 aromatic carbocycles. The standard InChI is InChI=1S/C48H82O17/c1-23-39(49)27(5)47(10,51)63-41(23)34-16-15-32(58-34)33-17-19-36(59-33)46(9)43(56-14)28(6)48(65-46)26(4)35(54-12)21-30(61-48)22-37-45(8,62-38-20-18-31(53-11)29(7)57-38)42(55-13)24(2)40(60-37)25(3)44(50)64-52/h23-43,49,51-52H,15-22H2,1-14H3/t23-,24-,25+,26+,27+,28+,29+,30-,31-,32?,33?,34?,35+,36?,37-,38-,39+,40?,41?,42-,43+,45-,46+,47-,48?/m0/s1. The lowest BCUT2D eigenvalue weighted by molar-refractivity contribution is -0.363. The van der Waals surface area contributed by atoms with E-state index in [4.69, 9.17) is 56.8 Å². The lowest BCUT2D eigenvalue weighted by Crippen LogP contribution is -2.67. The Kier molecular flexibility index (Phi) is 15.9. The minimum atomic E-state index is -1.46. The van der Waals surface area contributed by atoms with E-state index in [-0.39, 0.29) is 66.4 Å². The first-order chi connectivity index (χ1) is 30.6. The van der Waals surface area contributed by atoms with Crippen molar-refractivity contribution in [2.24, 2.45) is 35.5 Å². The maximum absolute atomic E-state index is 12.8. The Bertz CT molecular complexity index is 1600. The molecule has 0 aromatic rings. The van der Waals surface area contributed by atoms with Crippen LogP contribution in [0.5, 0.6) is 0 Å². The van der Waals surface area contributed by atoms with Crippen LogP contribution in [0.1, 0.15) is 121 Å². The SMILES string of the molecule is CO[C@H]1CC[C@H](O[C@@]2(C)[C@H](C[C@@H]3C[C@@H](OC)[C@@H](C)C4(O3)O[C@](C)(C3CCC(C5CCC(C6O[C@](C)(O)[C@H](C)[C@H](O)[C@@H]6C)O5)O3)[C@H](OC)[C@H]4C)OC([C@@H](C)C(=O)OO)[C@H](C)[C@@H]2OC)O[C@@H]1C. The molecule has 0 aromatic heterocycles. The predicted octanol–water partition coefficient (Wildman–Crippen LogP) is 5.17. The zero-order chi connectivity index (χ0) is 47.6. The molecule has 1 spiro atoms. The van der Waals surface area contributed by atoms with Crippen molar-refractivity contribution in [1.29, 1.82) is 0 Å². The van der Waals surface area contributed by atoms with Crippen molar-refractivity contribution in [3.63, 3.8) is 0 Å². The van der Waals surface area contributed by atoms with Gasteiger partial charge in [-0.3, -0.25) is 0 Å². The van der Waals surface area contributed by atoms with E-state index in [9.17, 15) is 20.3 Å². The summed E-state index contributed by atoms with van der Waals surface area (Å²) in [7, 11) is 6.74. The molecule has 7 heterocycles. The Hall–Kier alpha value is -1.13. The maximum atomic E-state index is 12.8. The van der Waals surface area contributed by atoms with Crippen molar-refractivity contribution in [3.05, 3.63) is 0 Å². The fraction of sp³-hybridized carbons (Fsp3) is 0.979. The summed E-state index contributed by atoms with van der Waals surface area (Å²) in [6, 6.07) is 0. The smallest absolute Gasteiger partial charge is 0.347 e. The third kappa shape index (κ3) is 9.23. The van der Waals surface area contributed by atoms with Crippen LogP contribution in [0.4, 0.5) is 0 Å². The van der Waals surface area contributed by atoms with Gasteiger partial charge in [0.05, 0.1) is 91.4 Å². The van der Waals surface area contributed by atoms with Crippen LogP contribution < -0.4 is 0 Å². The third-order valence-electron chi connectivity index (χ3n) is 17.4. The van der Waals surface area contributed by atoms with Gasteiger partial charge in [-0.2, -0.15) is 5.26 Å². The number of carbonyl (C=O) groups is 1. The van der Waals surface area contributed by atoms with Crippen LogP contribution >= 0.6 is 0 Å². The van der Waals surface area contributed by atoms with Gasteiger partial charge >= 0.3 is 5.97 Å². The largest absolute Gasteiger partial charge is 0.392 e. The molecular formula is C48H82O17. The van der Waals surface area contributed by atoms with Crippen LogP contribution in [0.3, 0.4) is 0 Å². The van der Waals surface area contributed by atoms with E-state index in [0.717, 1.165) is 25.7 Å². The van der Waals surface area contributed by atoms with Crippen LogP contribution in [0.15, 0.2) is 0 Å². The van der Waals surface area contributed by atoms with Gasteiger partial charge in [0.25, 0.3) is 0 Å². The summed E-state index contributed by atoms with van der Waals surface area (Å²) in [6.07, 6.45) is -1.00. The Morgan fingerprint density at radius 1 is 0.723 bits per heavy atom. The first-order valence-corrected chi connectivity index (χ1v) is 24.4. The molecule has 0 aliphatic carbocycles. The quantitative estimate of drug-likeness (QED) is 0.161. The molecule has 7 unspecified atom stereocenters. The Balaban J connectivity index is 1.12. The van der Waals surface area contributed by atoms with Gasteiger partial charge in [-0.05, 0) is 66.7 Å². The number of aliphatic hydroxyl groups excluding tert-OH is 1. The summed E-state index contributed by atoms with van der Waals surface area (Å²) in [5, 5.41) is 31.4. The highest BCUT2D eigenvalue weighted by atomic mass is 17.1. The van der Waals surface area contributed by atoms with Gasteiger partial charge < -0.3 is 71.9 Å². The monoisotopic (exact) mass is 931 g/mol. The van der Waals surface area contributed by atoms with Crippen LogP contribution in [0.2, 0.25) is 0 Å². The van der Waals surface area contributed by atoms with E-state index >= 15 is 0 Å². The van der Waals surface area contributed by atoms with E-state index in [1.54, 1.807) is 49.2 Å². The first-order valence-electron chi connectivity index (χ1n) is 24.4. The zero-order valence-electron chi connectivity index (χ0n) is 41.3. The first kappa shape index (κ1) is 51.7. The number of hydrogen-bond acceptors (Lipinski definition) is 17. The molecule has 17 heteroatoms. The lowest BCUT2D eigenvalue weighted by atomic mass is 9.73. The molecule has 65 heavy (non-hydrogen) atoms. The van der Waals surface area contributed by atoms with Gasteiger partial charge in [-0.15, -0.1) is 0 Å². The molecule has 7 aliphatic rings. The predicted molar refractivity (Wildman–Crippen MR) is 232 cm³/mol. The summed E-state index contributed by atoms with van der Waals surface area (Å²) in [4.78, 5) is 17.1. The van der Waals surface area contributed by atoms with Crippen LogP contribution in [0, 0.1) is 35.5 Å². The number of ether oxygens (including phenoxy) is 12. The maximum Gasteiger partial charge on any atom is 0.347 e. The highest BCUT2D eigenvalue weighted by molar-refractivity contribution is 5.72. The molecule has 0 amide bonds. The number of carbonyl (C=O) groups excluding carboxylic acids is 1. The normalized spacial score (nSPS) is 53.4. The summed E-state index contributed by atoms with van der Waals surface area (Å²) < 4.78 is 79.5.